The van der Waals surface area contributed by atoms with E-state index < -0.39 is 12.0 Å². The zero-order valence-corrected chi connectivity index (χ0v) is 14.2. The van der Waals surface area contributed by atoms with Gasteiger partial charge in [-0.1, -0.05) is 54.6 Å². The molecule has 128 valence electrons. The number of carbonyl (C=O) groups is 2. The second kappa shape index (κ2) is 7.21. The average Bonchev–Trinajstić information content (AvgIpc) is 2.61. The van der Waals surface area contributed by atoms with E-state index in [0.29, 0.717) is 11.3 Å². The summed E-state index contributed by atoms with van der Waals surface area (Å²) in [6, 6.07) is 16.3. The highest BCUT2D eigenvalue weighted by Gasteiger charge is 2.32. The minimum Gasteiger partial charge on any atom is -0.457 e. The highest BCUT2D eigenvalue weighted by Crippen LogP contribution is 2.27. The molecule has 0 fully saturated rings. The molecule has 0 aromatic heterocycles. The Morgan fingerprint density at radius 2 is 1.72 bits per heavy atom. The maximum absolute atomic E-state index is 12.7. The van der Waals surface area contributed by atoms with E-state index in [0.717, 1.165) is 16.7 Å². The van der Waals surface area contributed by atoms with Gasteiger partial charge in [-0.2, -0.15) is 0 Å². The third-order valence-corrected chi connectivity index (χ3v) is 4.24. The summed E-state index contributed by atoms with van der Waals surface area (Å²) < 4.78 is 5.52. The molecule has 2 aromatic carbocycles. The fourth-order valence-electron chi connectivity index (χ4n) is 2.85. The first kappa shape index (κ1) is 16.8. The summed E-state index contributed by atoms with van der Waals surface area (Å²) in [7, 11) is 0. The molecule has 1 unspecified atom stereocenters. The van der Waals surface area contributed by atoms with Gasteiger partial charge >= 0.3 is 12.0 Å². The second-order valence-electron chi connectivity index (χ2n) is 5.98. The third kappa shape index (κ3) is 3.71. The van der Waals surface area contributed by atoms with Crippen LogP contribution in [0.5, 0.6) is 0 Å². The lowest BCUT2D eigenvalue weighted by molar-refractivity contribution is -0.140. The van der Waals surface area contributed by atoms with E-state index in [1.54, 1.807) is 6.92 Å². The molecule has 0 aliphatic carbocycles. The zero-order valence-electron chi connectivity index (χ0n) is 14.2. The Bertz CT molecular complexity index is 828. The van der Waals surface area contributed by atoms with E-state index in [-0.39, 0.29) is 12.6 Å². The number of aryl methyl sites for hydroxylation is 1. The van der Waals surface area contributed by atoms with Crippen LogP contribution in [0.1, 0.15) is 29.7 Å². The number of urea groups is 1. The van der Waals surface area contributed by atoms with Crippen molar-refractivity contribution in [2.75, 3.05) is 0 Å². The molecule has 2 N–H and O–H groups in total. The lowest BCUT2D eigenvalue weighted by Gasteiger charge is -2.28. The van der Waals surface area contributed by atoms with Crippen LogP contribution in [-0.2, 0) is 16.1 Å². The summed E-state index contributed by atoms with van der Waals surface area (Å²) in [5.74, 6) is -0.442. The van der Waals surface area contributed by atoms with Gasteiger partial charge in [0.25, 0.3) is 0 Å². The third-order valence-electron chi connectivity index (χ3n) is 4.24. The van der Waals surface area contributed by atoms with Crippen molar-refractivity contribution in [1.29, 1.82) is 0 Å². The predicted octanol–water partition coefficient (Wildman–Crippen LogP) is 3.37. The van der Waals surface area contributed by atoms with Crippen LogP contribution in [0.15, 0.2) is 65.9 Å². The smallest absolute Gasteiger partial charge is 0.338 e. The molecule has 3 rings (SSSR count). The van der Waals surface area contributed by atoms with E-state index in [1.807, 2.05) is 61.5 Å². The molecule has 2 aromatic rings. The van der Waals surface area contributed by atoms with Crippen LogP contribution in [0.2, 0.25) is 0 Å². The molecule has 0 bridgehead atoms. The summed E-state index contributed by atoms with van der Waals surface area (Å²) >= 11 is 0. The van der Waals surface area contributed by atoms with Crippen LogP contribution >= 0.6 is 0 Å². The van der Waals surface area contributed by atoms with Gasteiger partial charge < -0.3 is 15.4 Å². The first-order valence-electron chi connectivity index (χ1n) is 8.11. The number of allylic oxidation sites excluding steroid dienone is 1. The molecule has 1 atom stereocenters. The van der Waals surface area contributed by atoms with E-state index in [9.17, 15) is 9.59 Å². The molecule has 1 aliphatic heterocycles. The van der Waals surface area contributed by atoms with Crippen LogP contribution in [0.25, 0.3) is 0 Å². The number of carbonyl (C=O) groups excluding carboxylic acids is 2. The largest absolute Gasteiger partial charge is 0.457 e. The fraction of sp³-hybridized carbons (Fsp3) is 0.200. The van der Waals surface area contributed by atoms with E-state index in [1.165, 1.54) is 0 Å². The summed E-state index contributed by atoms with van der Waals surface area (Å²) in [5.41, 5.74) is 3.78. The topological polar surface area (TPSA) is 67.4 Å². The summed E-state index contributed by atoms with van der Waals surface area (Å²) in [6.07, 6.45) is 0. The highest BCUT2D eigenvalue weighted by molar-refractivity contribution is 5.95. The van der Waals surface area contributed by atoms with Gasteiger partial charge in [-0.15, -0.1) is 0 Å². The van der Waals surface area contributed by atoms with Gasteiger partial charge in [0.1, 0.15) is 6.61 Å². The molecule has 2 amide bonds. The molecule has 5 nitrogen and oxygen atoms in total. The Morgan fingerprint density at radius 1 is 1.04 bits per heavy atom. The number of rotatable bonds is 4. The van der Waals surface area contributed by atoms with Gasteiger partial charge in [0, 0.05) is 5.70 Å². The van der Waals surface area contributed by atoms with Crippen molar-refractivity contribution in [2.45, 2.75) is 26.5 Å². The Balaban J connectivity index is 1.84. The van der Waals surface area contributed by atoms with Crippen LogP contribution in [0.3, 0.4) is 0 Å². The first-order valence-corrected chi connectivity index (χ1v) is 8.11. The SMILES string of the molecule is CC1=C(C(=O)OCc2ccccc2C)C(c2ccccc2)NC(=O)N1. The molecule has 25 heavy (non-hydrogen) atoms. The maximum atomic E-state index is 12.7. The van der Waals surface area contributed by atoms with Crippen LogP contribution < -0.4 is 10.6 Å². The Hall–Kier alpha value is -3.08. The normalized spacial score (nSPS) is 16.9. The summed E-state index contributed by atoms with van der Waals surface area (Å²) in [6.45, 7) is 3.87. The van der Waals surface area contributed by atoms with E-state index in [4.69, 9.17) is 4.74 Å². The predicted molar refractivity (Wildman–Crippen MR) is 94.5 cm³/mol. The van der Waals surface area contributed by atoms with Gasteiger partial charge in [0.05, 0.1) is 11.6 Å². The lowest BCUT2D eigenvalue weighted by atomic mass is 9.95. The molecule has 0 saturated heterocycles. The number of esters is 1. The van der Waals surface area contributed by atoms with Crippen molar-refractivity contribution in [3.63, 3.8) is 0 Å². The Kier molecular flexibility index (Phi) is 4.84. The molecular weight excluding hydrogens is 316 g/mol. The number of nitrogens with one attached hydrogen (secondary N) is 2. The molecule has 0 saturated carbocycles. The minimum absolute atomic E-state index is 0.192. The first-order chi connectivity index (χ1) is 12.1. The van der Waals surface area contributed by atoms with Crippen LogP contribution in [-0.4, -0.2) is 12.0 Å². The quantitative estimate of drug-likeness (QED) is 0.841. The molecule has 1 heterocycles. The second-order valence-corrected chi connectivity index (χ2v) is 5.98. The minimum atomic E-state index is -0.528. The van der Waals surface area contributed by atoms with E-state index >= 15 is 0 Å². The highest BCUT2D eigenvalue weighted by atomic mass is 16.5. The van der Waals surface area contributed by atoms with Crippen molar-refractivity contribution in [3.8, 4) is 0 Å². The van der Waals surface area contributed by atoms with E-state index in [2.05, 4.69) is 10.6 Å². The number of ether oxygens (including phenoxy) is 1. The van der Waals surface area contributed by atoms with Gasteiger partial charge in [0.15, 0.2) is 0 Å². The van der Waals surface area contributed by atoms with Crippen molar-refractivity contribution in [3.05, 3.63) is 82.6 Å². The molecular formula is C20H20N2O3. The Morgan fingerprint density at radius 3 is 2.44 bits per heavy atom. The molecule has 1 aliphatic rings. The average molecular weight is 336 g/mol. The van der Waals surface area contributed by atoms with Gasteiger partial charge in [-0.25, -0.2) is 9.59 Å². The van der Waals surface area contributed by atoms with Gasteiger partial charge in [0.2, 0.25) is 0 Å². The molecule has 0 spiro atoms. The van der Waals surface area contributed by atoms with Crippen LogP contribution in [0, 0.1) is 6.92 Å². The summed E-state index contributed by atoms with van der Waals surface area (Å²) in [4.78, 5) is 24.6. The zero-order chi connectivity index (χ0) is 17.8. The van der Waals surface area contributed by atoms with Crippen molar-refractivity contribution >= 4 is 12.0 Å². The fourth-order valence-corrected chi connectivity index (χ4v) is 2.85. The van der Waals surface area contributed by atoms with Crippen molar-refractivity contribution in [1.82, 2.24) is 10.6 Å². The maximum Gasteiger partial charge on any atom is 0.338 e. The van der Waals surface area contributed by atoms with Crippen molar-refractivity contribution in [2.24, 2.45) is 0 Å². The number of hydrogen-bond acceptors (Lipinski definition) is 3. The monoisotopic (exact) mass is 336 g/mol. The van der Waals surface area contributed by atoms with Gasteiger partial charge in [-0.3, -0.25) is 0 Å². The van der Waals surface area contributed by atoms with Crippen LogP contribution in [0.4, 0.5) is 4.79 Å². The number of hydrogen-bond donors (Lipinski definition) is 2. The van der Waals surface area contributed by atoms with Crippen molar-refractivity contribution < 1.29 is 14.3 Å². The van der Waals surface area contributed by atoms with Gasteiger partial charge in [-0.05, 0) is 30.5 Å². The molecule has 5 heteroatoms. The molecule has 0 radical (unpaired) electrons. The summed E-state index contributed by atoms with van der Waals surface area (Å²) in [5, 5.41) is 5.44. The number of amides is 2. The standard InChI is InChI=1S/C20H20N2O3/c1-13-8-6-7-11-16(13)12-25-19(23)17-14(2)21-20(24)22-18(17)15-9-4-3-5-10-15/h3-11,18H,12H2,1-2H3,(H2,21,22,24). The number of benzene rings is 2. The lowest BCUT2D eigenvalue weighted by Crippen LogP contribution is -2.45. The Labute approximate surface area is 146 Å².